The number of amides is 1. The molecule has 0 radical (unpaired) electrons. The van der Waals surface area contributed by atoms with Gasteiger partial charge >= 0.3 is 0 Å². The topological polar surface area (TPSA) is 69.6 Å². The third kappa shape index (κ3) is 5.63. The summed E-state index contributed by atoms with van der Waals surface area (Å²) < 4.78 is 0. The molecular weight excluding hydrogens is 262 g/mol. The molecule has 0 aliphatic rings. The Labute approximate surface area is 118 Å². The van der Waals surface area contributed by atoms with Crippen LogP contribution in [0.2, 0.25) is 0 Å². The highest BCUT2D eigenvalue weighted by atomic mass is 32.2. The Morgan fingerprint density at radius 1 is 1.26 bits per heavy atom. The molecule has 0 atom stereocenters. The third-order valence-corrected chi connectivity index (χ3v) is 3.77. The summed E-state index contributed by atoms with van der Waals surface area (Å²) >= 11 is 1.51. The van der Waals surface area contributed by atoms with E-state index < -0.39 is 5.54 Å². The fourth-order valence-electron chi connectivity index (χ4n) is 1.45. The van der Waals surface area contributed by atoms with Crippen molar-refractivity contribution in [2.24, 2.45) is 0 Å². The molecule has 3 N–H and O–H groups in total. The number of hydrogen-bond donors (Lipinski definition) is 3. The second-order valence-electron chi connectivity index (χ2n) is 4.90. The number of aliphatic hydroxyl groups excluding tert-OH is 2. The van der Waals surface area contributed by atoms with Gasteiger partial charge in [-0.1, -0.05) is 29.8 Å². The molecule has 5 heteroatoms. The van der Waals surface area contributed by atoms with Gasteiger partial charge in [-0.25, -0.2) is 0 Å². The number of rotatable bonds is 7. The van der Waals surface area contributed by atoms with Crippen molar-refractivity contribution in [3.8, 4) is 0 Å². The van der Waals surface area contributed by atoms with Gasteiger partial charge in [0.25, 0.3) is 0 Å². The molecule has 0 spiro atoms. The Kier molecular flexibility index (Phi) is 6.34. The van der Waals surface area contributed by atoms with Crippen LogP contribution in [-0.4, -0.2) is 40.6 Å². The Hall–Kier alpha value is -1.04. The molecule has 1 amide bonds. The van der Waals surface area contributed by atoms with E-state index in [1.165, 1.54) is 22.9 Å². The standard InChI is InChI=1S/C14H21NO3S/c1-11-3-5-12(6-4-11)7-19-8-13(18)15-14(2,9-16)10-17/h3-6,16-17H,7-10H2,1-2H3,(H,15,18). The molecule has 0 saturated heterocycles. The van der Waals surface area contributed by atoms with Crippen molar-refractivity contribution in [3.05, 3.63) is 35.4 Å². The summed E-state index contributed by atoms with van der Waals surface area (Å²) in [6.07, 6.45) is 0. The highest BCUT2D eigenvalue weighted by Crippen LogP contribution is 2.13. The molecular formula is C14H21NO3S. The van der Waals surface area contributed by atoms with E-state index in [-0.39, 0.29) is 19.1 Å². The highest BCUT2D eigenvalue weighted by molar-refractivity contribution is 7.99. The van der Waals surface area contributed by atoms with Gasteiger partial charge in [0, 0.05) is 5.75 Å². The first kappa shape index (κ1) is 16.0. The Bertz CT molecular complexity index is 402. The minimum Gasteiger partial charge on any atom is -0.394 e. The molecule has 0 bridgehead atoms. The molecule has 0 fully saturated rings. The first-order valence-corrected chi connectivity index (χ1v) is 7.30. The maximum Gasteiger partial charge on any atom is 0.230 e. The second-order valence-corrected chi connectivity index (χ2v) is 5.89. The van der Waals surface area contributed by atoms with Gasteiger partial charge in [0.1, 0.15) is 0 Å². The van der Waals surface area contributed by atoms with E-state index in [0.29, 0.717) is 5.75 Å². The van der Waals surface area contributed by atoms with Crippen LogP contribution < -0.4 is 5.32 Å². The van der Waals surface area contributed by atoms with Crippen LogP contribution in [0.3, 0.4) is 0 Å². The third-order valence-electron chi connectivity index (χ3n) is 2.76. The number of aryl methyl sites for hydroxylation is 1. The summed E-state index contributed by atoms with van der Waals surface area (Å²) in [4.78, 5) is 11.7. The van der Waals surface area contributed by atoms with Crippen LogP contribution in [0.15, 0.2) is 24.3 Å². The SMILES string of the molecule is Cc1ccc(CSCC(=O)NC(C)(CO)CO)cc1. The predicted molar refractivity (Wildman–Crippen MR) is 78.1 cm³/mol. The van der Waals surface area contributed by atoms with E-state index in [9.17, 15) is 4.79 Å². The largest absolute Gasteiger partial charge is 0.394 e. The Balaban J connectivity index is 2.33. The van der Waals surface area contributed by atoms with Gasteiger partial charge in [0.15, 0.2) is 0 Å². The molecule has 0 aliphatic carbocycles. The fraction of sp³-hybridized carbons (Fsp3) is 0.500. The van der Waals surface area contributed by atoms with Crippen molar-refractivity contribution in [2.75, 3.05) is 19.0 Å². The zero-order valence-electron chi connectivity index (χ0n) is 11.3. The average molecular weight is 283 g/mol. The normalized spacial score (nSPS) is 11.4. The van der Waals surface area contributed by atoms with Gasteiger partial charge in [-0.2, -0.15) is 0 Å². The maximum absolute atomic E-state index is 11.7. The zero-order valence-corrected chi connectivity index (χ0v) is 12.2. The lowest BCUT2D eigenvalue weighted by molar-refractivity contribution is -0.121. The summed E-state index contributed by atoms with van der Waals surface area (Å²) in [6.45, 7) is 3.08. The van der Waals surface area contributed by atoms with Gasteiger partial charge in [-0.3, -0.25) is 4.79 Å². The highest BCUT2D eigenvalue weighted by Gasteiger charge is 2.24. The number of nitrogens with one attached hydrogen (secondary N) is 1. The predicted octanol–water partition coefficient (Wildman–Crippen LogP) is 1.09. The van der Waals surface area contributed by atoms with E-state index >= 15 is 0 Å². The average Bonchev–Trinajstić information content (AvgIpc) is 2.41. The van der Waals surface area contributed by atoms with Gasteiger partial charge in [0.05, 0.1) is 24.5 Å². The molecule has 0 unspecified atom stereocenters. The molecule has 1 aromatic rings. The number of carbonyl (C=O) groups is 1. The summed E-state index contributed by atoms with van der Waals surface area (Å²) in [7, 11) is 0. The quantitative estimate of drug-likeness (QED) is 0.700. The van der Waals surface area contributed by atoms with E-state index in [4.69, 9.17) is 10.2 Å². The van der Waals surface area contributed by atoms with Gasteiger partial charge in [-0.05, 0) is 19.4 Å². The van der Waals surface area contributed by atoms with Crippen molar-refractivity contribution in [1.29, 1.82) is 0 Å². The van der Waals surface area contributed by atoms with Crippen molar-refractivity contribution in [1.82, 2.24) is 5.32 Å². The number of aliphatic hydroxyl groups is 2. The molecule has 0 saturated carbocycles. The van der Waals surface area contributed by atoms with Gasteiger partial charge in [-0.15, -0.1) is 11.8 Å². The lowest BCUT2D eigenvalue weighted by Gasteiger charge is -2.26. The smallest absolute Gasteiger partial charge is 0.230 e. The van der Waals surface area contributed by atoms with Crippen LogP contribution in [0.1, 0.15) is 18.1 Å². The van der Waals surface area contributed by atoms with Crippen molar-refractivity contribution < 1.29 is 15.0 Å². The molecule has 106 valence electrons. The van der Waals surface area contributed by atoms with Crippen LogP contribution in [-0.2, 0) is 10.5 Å². The first-order chi connectivity index (χ1) is 8.99. The Morgan fingerprint density at radius 3 is 2.37 bits per heavy atom. The lowest BCUT2D eigenvalue weighted by Crippen LogP contribution is -2.52. The molecule has 1 rings (SSSR count). The number of hydrogen-bond acceptors (Lipinski definition) is 4. The fourth-order valence-corrected chi connectivity index (χ4v) is 2.24. The van der Waals surface area contributed by atoms with Gasteiger partial charge < -0.3 is 15.5 Å². The summed E-state index contributed by atoms with van der Waals surface area (Å²) in [5.74, 6) is 0.897. The number of carbonyl (C=O) groups excluding carboxylic acids is 1. The van der Waals surface area contributed by atoms with Crippen molar-refractivity contribution in [2.45, 2.75) is 25.1 Å². The lowest BCUT2D eigenvalue weighted by atomic mass is 10.1. The summed E-state index contributed by atoms with van der Waals surface area (Å²) in [5.41, 5.74) is 1.45. The van der Waals surface area contributed by atoms with Crippen LogP contribution in [0, 0.1) is 6.92 Å². The van der Waals surface area contributed by atoms with Crippen molar-refractivity contribution >= 4 is 17.7 Å². The molecule has 0 heterocycles. The van der Waals surface area contributed by atoms with Crippen LogP contribution in [0.4, 0.5) is 0 Å². The minimum atomic E-state index is -0.943. The van der Waals surface area contributed by atoms with Gasteiger partial charge in [0.2, 0.25) is 5.91 Å². The van der Waals surface area contributed by atoms with Crippen molar-refractivity contribution in [3.63, 3.8) is 0 Å². The van der Waals surface area contributed by atoms with Crippen LogP contribution in [0.5, 0.6) is 0 Å². The first-order valence-electron chi connectivity index (χ1n) is 6.15. The molecule has 1 aromatic carbocycles. The van der Waals surface area contributed by atoms with Crippen LogP contribution >= 0.6 is 11.8 Å². The van der Waals surface area contributed by atoms with Crippen LogP contribution in [0.25, 0.3) is 0 Å². The monoisotopic (exact) mass is 283 g/mol. The van der Waals surface area contributed by atoms with E-state index in [0.717, 1.165) is 5.75 Å². The minimum absolute atomic E-state index is 0.178. The maximum atomic E-state index is 11.7. The second kappa shape index (κ2) is 7.53. The molecule has 19 heavy (non-hydrogen) atoms. The zero-order chi connectivity index (χ0) is 14.3. The summed E-state index contributed by atoms with van der Waals surface area (Å²) in [5, 5.41) is 20.8. The molecule has 4 nitrogen and oxygen atoms in total. The summed E-state index contributed by atoms with van der Waals surface area (Å²) in [6, 6.07) is 8.19. The number of benzene rings is 1. The van der Waals surface area contributed by atoms with E-state index in [1.54, 1.807) is 6.92 Å². The molecule has 0 aliphatic heterocycles. The molecule has 0 aromatic heterocycles. The van der Waals surface area contributed by atoms with E-state index in [1.807, 2.05) is 31.2 Å². The number of thioether (sulfide) groups is 1. The van der Waals surface area contributed by atoms with E-state index in [2.05, 4.69) is 5.32 Å². The Morgan fingerprint density at radius 2 is 1.84 bits per heavy atom.